The SMILES string of the molecule is O=[P+](O)OC(F)(F)c1ccc(CBr)cc1Br. The normalized spacial score (nSPS) is 12.7. The van der Waals surface area contributed by atoms with Crippen LogP contribution in [0.1, 0.15) is 11.1 Å². The first-order valence-corrected chi connectivity index (χ1v) is 6.99. The minimum atomic E-state index is -3.80. The Balaban J connectivity index is 3.08. The number of halogens is 4. The molecule has 0 amide bonds. The van der Waals surface area contributed by atoms with Crippen molar-refractivity contribution in [2.75, 3.05) is 0 Å². The fourth-order valence-electron chi connectivity index (χ4n) is 1.03. The number of benzene rings is 1. The lowest BCUT2D eigenvalue weighted by atomic mass is 10.1. The number of hydrogen-bond donors (Lipinski definition) is 1. The monoisotopic (exact) mass is 377 g/mol. The molecule has 1 N–H and O–H groups in total. The lowest BCUT2D eigenvalue weighted by Crippen LogP contribution is -2.15. The van der Waals surface area contributed by atoms with Gasteiger partial charge in [0.2, 0.25) is 0 Å². The molecule has 3 nitrogen and oxygen atoms in total. The number of alkyl halides is 3. The van der Waals surface area contributed by atoms with Gasteiger partial charge in [-0.15, -0.1) is 4.89 Å². The fourth-order valence-corrected chi connectivity index (χ4v) is 2.33. The maximum absolute atomic E-state index is 13.3. The molecule has 0 spiro atoms. The standard InChI is InChI=1S/C8H5Br2F2O3P/c9-4-5-1-2-6(7(10)3-5)8(11,12)15-16(13)14/h1-3H,4H2/p+1. The minimum Gasteiger partial charge on any atom is -0.166 e. The fraction of sp³-hybridized carbons (Fsp3) is 0.250. The molecule has 16 heavy (non-hydrogen) atoms. The lowest BCUT2D eigenvalue weighted by Gasteiger charge is -2.11. The Kier molecular flexibility index (Phi) is 4.94. The van der Waals surface area contributed by atoms with Gasteiger partial charge in [-0.25, -0.2) is 0 Å². The summed E-state index contributed by atoms with van der Waals surface area (Å²) in [6.45, 7) is 0. The van der Waals surface area contributed by atoms with E-state index in [1.165, 1.54) is 12.1 Å². The molecule has 0 fully saturated rings. The molecule has 0 saturated heterocycles. The van der Waals surface area contributed by atoms with Crippen molar-refractivity contribution in [3.05, 3.63) is 33.8 Å². The molecular weight excluding hydrogens is 373 g/mol. The molecule has 8 heteroatoms. The van der Waals surface area contributed by atoms with Crippen LogP contribution in [0.15, 0.2) is 22.7 Å². The maximum Gasteiger partial charge on any atom is 0.701 e. The van der Waals surface area contributed by atoms with Crippen LogP contribution in [0.3, 0.4) is 0 Å². The van der Waals surface area contributed by atoms with E-state index in [9.17, 15) is 13.3 Å². The summed E-state index contributed by atoms with van der Waals surface area (Å²) in [5.41, 5.74) is 0.300. The summed E-state index contributed by atoms with van der Waals surface area (Å²) in [7, 11) is -3.37. The van der Waals surface area contributed by atoms with E-state index in [2.05, 4.69) is 36.4 Å². The van der Waals surface area contributed by atoms with E-state index in [4.69, 9.17) is 4.89 Å². The molecule has 1 aromatic carbocycles. The molecule has 1 aromatic rings. The first kappa shape index (κ1) is 14.1. The average Bonchev–Trinajstić information content (AvgIpc) is 2.14. The van der Waals surface area contributed by atoms with Gasteiger partial charge in [0.05, 0.1) is 5.56 Å². The zero-order valence-corrected chi connectivity index (χ0v) is 11.7. The van der Waals surface area contributed by atoms with Crippen molar-refractivity contribution in [1.29, 1.82) is 0 Å². The molecular formula is C8H6Br2F2O3P+. The molecule has 0 heterocycles. The summed E-state index contributed by atoms with van der Waals surface area (Å²) in [6, 6.07) is 4.09. The zero-order valence-electron chi connectivity index (χ0n) is 7.66. The molecule has 1 rings (SSSR count). The van der Waals surface area contributed by atoms with Crippen molar-refractivity contribution in [1.82, 2.24) is 0 Å². The third-order valence-electron chi connectivity index (χ3n) is 1.69. The predicted octanol–water partition coefficient (Wildman–Crippen LogP) is 4.06. The summed E-state index contributed by atoms with van der Waals surface area (Å²) in [4.78, 5) is 8.33. The summed E-state index contributed by atoms with van der Waals surface area (Å²) < 4.78 is 40.6. The Morgan fingerprint density at radius 3 is 2.56 bits per heavy atom. The van der Waals surface area contributed by atoms with Gasteiger partial charge >= 0.3 is 14.4 Å². The second-order valence-electron chi connectivity index (χ2n) is 2.79. The van der Waals surface area contributed by atoms with Crippen molar-refractivity contribution in [2.24, 2.45) is 0 Å². The van der Waals surface area contributed by atoms with Crippen molar-refractivity contribution in [3.63, 3.8) is 0 Å². The average molecular weight is 379 g/mol. The first-order chi connectivity index (χ1) is 7.36. The van der Waals surface area contributed by atoms with Gasteiger partial charge in [0.25, 0.3) is 0 Å². The Bertz CT molecular complexity index is 414. The largest absolute Gasteiger partial charge is 0.701 e. The third-order valence-corrected chi connectivity index (χ3v) is 3.38. The Hall–Kier alpha value is 0.0600. The van der Waals surface area contributed by atoms with Gasteiger partial charge in [-0.3, -0.25) is 0 Å². The molecule has 88 valence electrons. The van der Waals surface area contributed by atoms with E-state index in [0.717, 1.165) is 11.6 Å². The summed E-state index contributed by atoms with van der Waals surface area (Å²) in [6.07, 6.45) is -3.80. The van der Waals surface area contributed by atoms with Crippen LogP contribution in [0.25, 0.3) is 0 Å². The maximum atomic E-state index is 13.3. The summed E-state index contributed by atoms with van der Waals surface area (Å²) >= 11 is 6.14. The van der Waals surface area contributed by atoms with Gasteiger partial charge in [-0.1, -0.05) is 37.9 Å². The molecule has 0 aromatic heterocycles. The quantitative estimate of drug-likeness (QED) is 0.634. The highest BCUT2D eigenvalue weighted by atomic mass is 79.9. The van der Waals surface area contributed by atoms with Crippen molar-refractivity contribution < 1.29 is 22.8 Å². The second-order valence-corrected chi connectivity index (χ2v) is 4.87. The van der Waals surface area contributed by atoms with E-state index in [1.807, 2.05) is 0 Å². The molecule has 0 aliphatic carbocycles. The van der Waals surface area contributed by atoms with Crippen LogP contribution in [-0.4, -0.2) is 4.89 Å². The van der Waals surface area contributed by atoms with Gasteiger partial charge in [-0.05, 0) is 22.2 Å². The van der Waals surface area contributed by atoms with Gasteiger partial charge in [-0.2, -0.15) is 8.78 Å². The summed E-state index contributed by atoms with van der Waals surface area (Å²) in [5, 5.41) is 0.520. The smallest absolute Gasteiger partial charge is 0.166 e. The number of rotatable bonds is 4. The molecule has 0 bridgehead atoms. The third kappa shape index (κ3) is 3.53. The first-order valence-electron chi connectivity index (χ1n) is 3.95. The highest BCUT2D eigenvalue weighted by molar-refractivity contribution is 9.10. The predicted molar refractivity (Wildman–Crippen MR) is 61.6 cm³/mol. The van der Waals surface area contributed by atoms with E-state index >= 15 is 0 Å². The lowest BCUT2D eigenvalue weighted by molar-refractivity contribution is -0.186. The van der Waals surface area contributed by atoms with Crippen LogP contribution in [0.2, 0.25) is 0 Å². The highest BCUT2D eigenvalue weighted by Gasteiger charge is 2.44. The second kappa shape index (κ2) is 5.60. The molecule has 1 unspecified atom stereocenters. The van der Waals surface area contributed by atoms with Gasteiger partial charge in [0, 0.05) is 14.4 Å². The molecule has 0 aliphatic heterocycles. The Labute approximate surface area is 108 Å². The molecule has 1 atom stereocenters. The van der Waals surface area contributed by atoms with Gasteiger partial charge < -0.3 is 0 Å². The topological polar surface area (TPSA) is 46.5 Å². The minimum absolute atomic E-state index is 0.117. The van der Waals surface area contributed by atoms with Crippen LogP contribution in [0.4, 0.5) is 8.78 Å². The van der Waals surface area contributed by atoms with Crippen LogP contribution in [-0.2, 0) is 20.5 Å². The Morgan fingerprint density at radius 2 is 2.12 bits per heavy atom. The molecule has 0 radical (unpaired) electrons. The van der Waals surface area contributed by atoms with Gasteiger partial charge in [0.1, 0.15) is 0 Å². The van der Waals surface area contributed by atoms with E-state index in [-0.39, 0.29) is 4.47 Å². The molecule has 0 saturated carbocycles. The van der Waals surface area contributed by atoms with E-state index < -0.39 is 19.9 Å². The highest BCUT2D eigenvalue weighted by Crippen LogP contribution is 2.40. The van der Waals surface area contributed by atoms with Crippen LogP contribution in [0.5, 0.6) is 0 Å². The van der Waals surface area contributed by atoms with E-state index in [1.54, 1.807) is 0 Å². The number of hydrogen-bond acceptors (Lipinski definition) is 2. The summed E-state index contributed by atoms with van der Waals surface area (Å²) in [5.74, 6) is 0. The van der Waals surface area contributed by atoms with Crippen LogP contribution >= 0.6 is 40.1 Å². The van der Waals surface area contributed by atoms with Crippen molar-refractivity contribution >= 4 is 40.1 Å². The van der Waals surface area contributed by atoms with Crippen molar-refractivity contribution in [3.8, 4) is 0 Å². The van der Waals surface area contributed by atoms with Crippen LogP contribution < -0.4 is 0 Å². The zero-order chi connectivity index (χ0) is 12.3. The Morgan fingerprint density at radius 1 is 1.50 bits per heavy atom. The van der Waals surface area contributed by atoms with Gasteiger partial charge in [0.15, 0.2) is 0 Å². The van der Waals surface area contributed by atoms with Crippen LogP contribution in [0, 0.1) is 0 Å². The molecule has 0 aliphatic rings. The van der Waals surface area contributed by atoms with E-state index in [0.29, 0.717) is 5.33 Å². The van der Waals surface area contributed by atoms with Crippen molar-refractivity contribution in [2.45, 2.75) is 11.4 Å².